The zero-order valence-electron chi connectivity index (χ0n) is 14.7. The molecule has 0 N–H and O–H groups in total. The number of halogens is 1. The van der Waals surface area contributed by atoms with Crippen LogP contribution in [0.4, 0.5) is 4.39 Å². The summed E-state index contributed by atoms with van der Waals surface area (Å²) in [5, 5.41) is 0. The Morgan fingerprint density at radius 1 is 1.08 bits per heavy atom. The molecule has 1 heterocycles. The first-order chi connectivity index (χ1) is 12.1. The Morgan fingerprint density at radius 2 is 1.80 bits per heavy atom. The Morgan fingerprint density at radius 3 is 2.52 bits per heavy atom. The van der Waals surface area contributed by atoms with Gasteiger partial charge in [0.05, 0.1) is 6.04 Å². The van der Waals surface area contributed by atoms with Gasteiger partial charge in [-0.05, 0) is 43.1 Å². The molecule has 0 spiro atoms. The molecule has 1 fully saturated rings. The zero-order chi connectivity index (χ0) is 17.6. The van der Waals surface area contributed by atoms with E-state index in [9.17, 15) is 9.18 Å². The van der Waals surface area contributed by atoms with Crippen LogP contribution in [-0.4, -0.2) is 42.4 Å². The molecule has 0 saturated carbocycles. The van der Waals surface area contributed by atoms with E-state index in [1.54, 1.807) is 12.1 Å². The lowest BCUT2D eigenvalue weighted by atomic mass is 10.0. The summed E-state index contributed by atoms with van der Waals surface area (Å²) in [4.78, 5) is 16.9. The Bertz CT molecular complexity index is 687. The first-order valence-electron chi connectivity index (χ1n) is 8.91. The van der Waals surface area contributed by atoms with Gasteiger partial charge in [0.25, 0.3) is 0 Å². The van der Waals surface area contributed by atoms with Crippen LogP contribution in [0.3, 0.4) is 0 Å². The van der Waals surface area contributed by atoms with E-state index in [-0.39, 0.29) is 17.8 Å². The predicted molar refractivity (Wildman–Crippen MR) is 97.7 cm³/mol. The zero-order valence-corrected chi connectivity index (χ0v) is 14.7. The number of carbonyl (C=O) groups is 1. The van der Waals surface area contributed by atoms with Gasteiger partial charge >= 0.3 is 0 Å². The second-order valence-electron chi connectivity index (χ2n) is 6.73. The summed E-state index contributed by atoms with van der Waals surface area (Å²) >= 11 is 0. The van der Waals surface area contributed by atoms with Crippen molar-refractivity contribution in [1.29, 1.82) is 0 Å². The molecule has 0 aliphatic carbocycles. The summed E-state index contributed by atoms with van der Waals surface area (Å²) in [6.45, 7) is 2.42. The largest absolute Gasteiger partial charge is 0.339 e. The molecule has 1 saturated heterocycles. The molecule has 4 heteroatoms. The summed E-state index contributed by atoms with van der Waals surface area (Å²) in [6, 6.07) is 17.2. The predicted octanol–water partition coefficient (Wildman–Crippen LogP) is 3.66. The monoisotopic (exact) mass is 340 g/mol. The number of piperazine rings is 1. The van der Waals surface area contributed by atoms with Gasteiger partial charge in [-0.25, -0.2) is 4.39 Å². The van der Waals surface area contributed by atoms with E-state index in [4.69, 9.17) is 0 Å². The van der Waals surface area contributed by atoms with Crippen molar-refractivity contribution in [2.24, 2.45) is 0 Å². The van der Waals surface area contributed by atoms with Crippen LogP contribution in [0.5, 0.6) is 0 Å². The molecule has 0 bridgehead atoms. The maximum Gasteiger partial charge on any atom is 0.222 e. The molecule has 0 radical (unpaired) electrons. The molecule has 1 atom stereocenters. The van der Waals surface area contributed by atoms with Crippen LogP contribution in [0.25, 0.3) is 0 Å². The maximum absolute atomic E-state index is 12.9. The Kier molecular flexibility index (Phi) is 5.82. The number of aryl methyl sites for hydroxylation is 1. The fourth-order valence-corrected chi connectivity index (χ4v) is 3.39. The van der Waals surface area contributed by atoms with Crippen LogP contribution in [0.2, 0.25) is 0 Å². The summed E-state index contributed by atoms with van der Waals surface area (Å²) < 4.78 is 12.9. The molecule has 1 aliphatic heterocycles. The van der Waals surface area contributed by atoms with E-state index in [0.29, 0.717) is 6.42 Å². The minimum atomic E-state index is -0.218. The molecule has 25 heavy (non-hydrogen) atoms. The molecule has 3 nitrogen and oxygen atoms in total. The number of amides is 1. The standard InChI is InChI=1S/C21H25FN2O/c1-23-14-15-24(16-20(23)18-7-3-2-4-8-18)21(25)9-5-6-17-10-12-19(22)13-11-17/h2-4,7-8,10-13,20H,5-6,9,14-16H2,1H3. The molecule has 2 aromatic carbocycles. The first kappa shape index (κ1) is 17.6. The van der Waals surface area contributed by atoms with Crippen molar-refractivity contribution in [3.8, 4) is 0 Å². The summed E-state index contributed by atoms with van der Waals surface area (Å²) in [5.74, 6) is 0.000333. The van der Waals surface area contributed by atoms with Gasteiger partial charge in [0.15, 0.2) is 0 Å². The number of benzene rings is 2. The maximum atomic E-state index is 12.9. The highest BCUT2D eigenvalue weighted by Gasteiger charge is 2.27. The van der Waals surface area contributed by atoms with Gasteiger partial charge in [-0.15, -0.1) is 0 Å². The highest BCUT2D eigenvalue weighted by molar-refractivity contribution is 5.76. The molecular formula is C21H25FN2O. The van der Waals surface area contributed by atoms with Crippen molar-refractivity contribution < 1.29 is 9.18 Å². The summed E-state index contributed by atoms with van der Waals surface area (Å²) in [6.07, 6.45) is 2.15. The van der Waals surface area contributed by atoms with Gasteiger partial charge in [0, 0.05) is 26.1 Å². The van der Waals surface area contributed by atoms with E-state index in [2.05, 4.69) is 24.1 Å². The van der Waals surface area contributed by atoms with Gasteiger partial charge < -0.3 is 4.90 Å². The quantitative estimate of drug-likeness (QED) is 0.829. The Hall–Kier alpha value is -2.20. The van der Waals surface area contributed by atoms with Crippen LogP contribution in [0.15, 0.2) is 54.6 Å². The van der Waals surface area contributed by atoms with E-state index in [1.165, 1.54) is 17.7 Å². The van der Waals surface area contributed by atoms with Crippen LogP contribution in [0.1, 0.15) is 30.0 Å². The van der Waals surface area contributed by atoms with Crippen molar-refractivity contribution in [3.05, 3.63) is 71.5 Å². The summed E-state index contributed by atoms with van der Waals surface area (Å²) in [5.41, 5.74) is 2.34. The van der Waals surface area contributed by atoms with E-state index >= 15 is 0 Å². The number of carbonyl (C=O) groups excluding carboxylic acids is 1. The minimum absolute atomic E-state index is 0.218. The highest BCUT2D eigenvalue weighted by atomic mass is 19.1. The van der Waals surface area contributed by atoms with Crippen molar-refractivity contribution in [3.63, 3.8) is 0 Å². The number of hydrogen-bond acceptors (Lipinski definition) is 2. The average molecular weight is 340 g/mol. The lowest BCUT2D eigenvalue weighted by Gasteiger charge is -2.39. The Balaban J connectivity index is 1.52. The molecule has 2 aromatic rings. The lowest BCUT2D eigenvalue weighted by Crippen LogP contribution is -2.48. The second-order valence-corrected chi connectivity index (χ2v) is 6.73. The average Bonchev–Trinajstić information content (AvgIpc) is 2.64. The molecule has 0 aromatic heterocycles. The molecular weight excluding hydrogens is 315 g/mol. The second kappa shape index (κ2) is 8.26. The van der Waals surface area contributed by atoms with Crippen LogP contribution in [-0.2, 0) is 11.2 Å². The van der Waals surface area contributed by atoms with Crippen molar-refractivity contribution >= 4 is 5.91 Å². The molecule has 3 rings (SSSR count). The van der Waals surface area contributed by atoms with Gasteiger partial charge in [-0.3, -0.25) is 9.69 Å². The van der Waals surface area contributed by atoms with Gasteiger partial charge in [0.1, 0.15) is 5.82 Å². The molecule has 132 valence electrons. The fraction of sp³-hybridized carbons (Fsp3) is 0.381. The lowest BCUT2D eigenvalue weighted by molar-refractivity contribution is -0.134. The molecule has 1 aliphatic rings. The van der Waals surface area contributed by atoms with Crippen molar-refractivity contribution in [2.45, 2.75) is 25.3 Å². The topological polar surface area (TPSA) is 23.6 Å². The smallest absolute Gasteiger partial charge is 0.222 e. The van der Waals surface area contributed by atoms with Crippen molar-refractivity contribution in [2.75, 3.05) is 26.7 Å². The fourth-order valence-electron chi connectivity index (χ4n) is 3.39. The number of nitrogens with zero attached hydrogens (tertiary/aromatic N) is 2. The molecule has 1 amide bonds. The third-order valence-electron chi connectivity index (χ3n) is 4.95. The number of likely N-dealkylation sites (N-methyl/N-ethyl adjacent to an activating group) is 1. The minimum Gasteiger partial charge on any atom is -0.339 e. The van der Waals surface area contributed by atoms with Crippen LogP contribution in [0, 0.1) is 5.82 Å². The normalized spacial score (nSPS) is 18.3. The third-order valence-corrected chi connectivity index (χ3v) is 4.95. The van der Waals surface area contributed by atoms with Crippen molar-refractivity contribution in [1.82, 2.24) is 9.80 Å². The van der Waals surface area contributed by atoms with E-state index < -0.39 is 0 Å². The molecule has 1 unspecified atom stereocenters. The highest BCUT2D eigenvalue weighted by Crippen LogP contribution is 2.24. The number of hydrogen-bond donors (Lipinski definition) is 0. The first-order valence-corrected chi connectivity index (χ1v) is 8.91. The van der Waals surface area contributed by atoms with Gasteiger partial charge in [0.2, 0.25) is 5.91 Å². The Labute approximate surface area is 149 Å². The van der Waals surface area contributed by atoms with Gasteiger partial charge in [-0.1, -0.05) is 42.5 Å². The SMILES string of the molecule is CN1CCN(C(=O)CCCc2ccc(F)cc2)CC1c1ccccc1. The summed E-state index contributed by atoms with van der Waals surface area (Å²) in [7, 11) is 2.12. The van der Waals surface area contributed by atoms with Crippen LogP contribution < -0.4 is 0 Å². The van der Waals surface area contributed by atoms with Crippen LogP contribution >= 0.6 is 0 Å². The van der Waals surface area contributed by atoms with E-state index in [0.717, 1.165) is 38.0 Å². The third kappa shape index (κ3) is 4.67. The van der Waals surface area contributed by atoms with Gasteiger partial charge in [-0.2, -0.15) is 0 Å². The van der Waals surface area contributed by atoms with E-state index in [1.807, 2.05) is 23.1 Å². The number of rotatable bonds is 5.